The largest absolute Gasteiger partial charge is 0.573 e. The number of halogens is 6. The van der Waals surface area contributed by atoms with Gasteiger partial charge in [-0.1, -0.05) is 12.1 Å². The van der Waals surface area contributed by atoms with Crippen molar-refractivity contribution >= 4 is 22.5 Å². The minimum Gasteiger partial charge on any atom is -0.406 e. The number of rotatable bonds is 4. The van der Waals surface area contributed by atoms with Crippen molar-refractivity contribution in [3.8, 4) is 5.75 Å². The van der Waals surface area contributed by atoms with Gasteiger partial charge in [0.1, 0.15) is 5.75 Å². The van der Waals surface area contributed by atoms with E-state index in [1.54, 1.807) is 0 Å². The molecule has 0 aliphatic carbocycles. The Hall–Kier alpha value is -3.50. The van der Waals surface area contributed by atoms with Crippen LogP contribution in [0.25, 0.3) is 10.8 Å². The van der Waals surface area contributed by atoms with Crippen LogP contribution in [0, 0.1) is 0 Å². The summed E-state index contributed by atoms with van der Waals surface area (Å²) in [6.07, 6.45) is -6.80. The molecule has 2 N–H and O–H groups in total. The van der Waals surface area contributed by atoms with Crippen LogP contribution in [0.15, 0.2) is 54.9 Å². The Kier molecular flexibility index (Phi) is 5.72. The van der Waals surface area contributed by atoms with Crippen LogP contribution < -0.4 is 15.4 Å². The van der Waals surface area contributed by atoms with E-state index in [0.29, 0.717) is 10.9 Å². The summed E-state index contributed by atoms with van der Waals surface area (Å²) in [4.78, 5) is 15.9. The fraction of sp³-hybridized carbons (Fsp3) is 0.158. The van der Waals surface area contributed by atoms with Gasteiger partial charge >= 0.3 is 18.6 Å². The van der Waals surface area contributed by atoms with Gasteiger partial charge in [0.15, 0.2) is 0 Å². The number of urea groups is 1. The predicted molar refractivity (Wildman–Crippen MR) is 95.7 cm³/mol. The smallest absolute Gasteiger partial charge is 0.406 e. The summed E-state index contributed by atoms with van der Waals surface area (Å²) in [5.41, 5.74) is -0.551. The Balaban J connectivity index is 1.70. The predicted octanol–water partition coefficient (Wildman–Crippen LogP) is 5.47. The number of nitrogens with zero attached hydrogens (tertiary/aromatic N) is 1. The number of carbonyl (C=O) groups is 1. The Morgan fingerprint density at radius 2 is 1.70 bits per heavy atom. The van der Waals surface area contributed by atoms with Gasteiger partial charge in [-0.25, -0.2) is 4.79 Å². The molecule has 2 amide bonds. The second-order valence-electron chi connectivity index (χ2n) is 6.12. The van der Waals surface area contributed by atoms with Gasteiger partial charge in [-0.3, -0.25) is 4.98 Å². The fourth-order valence-electron chi connectivity index (χ4n) is 2.63. The molecule has 3 aromatic rings. The van der Waals surface area contributed by atoms with E-state index in [1.165, 1.54) is 30.6 Å². The lowest BCUT2D eigenvalue weighted by Crippen LogP contribution is -2.28. The molecular weight excluding hydrogens is 416 g/mol. The molecule has 0 atom stereocenters. The highest BCUT2D eigenvalue weighted by Gasteiger charge is 2.32. The highest BCUT2D eigenvalue weighted by Crippen LogP contribution is 2.35. The second-order valence-corrected chi connectivity index (χ2v) is 6.12. The summed E-state index contributed by atoms with van der Waals surface area (Å²) in [5.74, 6) is -0.417. The van der Waals surface area contributed by atoms with Crippen molar-refractivity contribution in [1.29, 1.82) is 0 Å². The quantitative estimate of drug-likeness (QED) is 0.541. The lowest BCUT2D eigenvalue weighted by Gasteiger charge is -2.14. The molecule has 158 valence electrons. The summed E-state index contributed by atoms with van der Waals surface area (Å²) in [6.45, 7) is -0.0728. The average Bonchev–Trinajstić information content (AvgIpc) is 2.65. The van der Waals surface area contributed by atoms with Crippen molar-refractivity contribution in [2.45, 2.75) is 19.1 Å². The number of fused-ring (bicyclic) bond motifs is 1. The number of benzene rings is 2. The third-order valence-electron chi connectivity index (χ3n) is 3.94. The maximum absolute atomic E-state index is 13.1. The van der Waals surface area contributed by atoms with Gasteiger partial charge in [0.25, 0.3) is 0 Å². The number of ether oxygens (including phenoxy) is 1. The molecular formula is C19H13F6N3O2. The summed E-state index contributed by atoms with van der Waals surface area (Å²) < 4.78 is 79.5. The van der Waals surface area contributed by atoms with Crippen molar-refractivity contribution in [2.75, 3.05) is 5.32 Å². The zero-order valence-electron chi connectivity index (χ0n) is 14.9. The van der Waals surface area contributed by atoms with E-state index in [-0.39, 0.29) is 17.6 Å². The lowest BCUT2D eigenvalue weighted by atomic mass is 10.1. The van der Waals surface area contributed by atoms with Gasteiger partial charge in [0.05, 0.1) is 11.3 Å². The van der Waals surface area contributed by atoms with Crippen LogP contribution in [0.4, 0.5) is 36.8 Å². The number of aromatic nitrogens is 1. The van der Waals surface area contributed by atoms with E-state index in [2.05, 4.69) is 20.4 Å². The Labute approximate surface area is 165 Å². The SMILES string of the molecule is O=C(NCc1ccc(OC(F)(F)F)cc1)Nc1cc(C(F)(F)F)cc2cnccc12. The van der Waals surface area contributed by atoms with Gasteiger partial charge in [-0.15, -0.1) is 13.2 Å². The van der Waals surface area contributed by atoms with Crippen LogP contribution in [-0.2, 0) is 12.7 Å². The molecule has 11 heteroatoms. The normalized spacial score (nSPS) is 11.9. The Morgan fingerprint density at radius 1 is 1.00 bits per heavy atom. The standard InChI is InChI=1S/C19H13F6N3O2/c20-18(21,22)13-7-12-10-26-6-5-15(12)16(8-13)28-17(29)27-9-11-1-3-14(4-2-11)30-19(23,24)25/h1-8,10H,9H2,(H2,27,28,29). The molecule has 0 bridgehead atoms. The van der Waals surface area contributed by atoms with Gasteiger partial charge in [0.2, 0.25) is 0 Å². The van der Waals surface area contributed by atoms with Crippen molar-refractivity contribution in [3.63, 3.8) is 0 Å². The minimum atomic E-state index is -4.82. The molecule has 0 spiro atoms. The molecule has 0 radical (unpaired) electrons. The van der Waals surface area contributed by atoms with Gasteiger partial charge in [0, 0.05) is 29.7 Å². The third-order valence-corrected chi connectivity index (χ3v) is 3.94. The van der Waals surface area contributed by atoms with Crippen molar-refractivity contribution in [2.24, 2.45) is 0 Å². The zero-order valence-corrected chi connectivity index (χ0v) is 14.9. The van der Waals surface area contributed by atoms with Gasteiger partial charge in [-0.2, -0.15) is 13.2 Å². The van der Waals surface area contributed by atoms with Crippen molar-refractivity contribution in [3.05, 3.63) is 66.0 Å². The molecule has 0 aliphatic rings. The van der Waals surface area contributed by atoms with E-state index in [0.717, 1.165) is 24.3 Å². The van der Waals surface area contributed by atoms with E-state index in [9.17, 15) is 31.1 Å². The summed E-state index contributed by atoms with van der Waals surface area (Å²) >= 11 is 0. The van der Waals surface area contributed by atoms with Crippen LogP contribution in [0.5, 0.6) is 5.75 Å². The zero-order chi connectivity index (χ0) is 21.9. The number of alkyl halides is 6. The first-order valence-electron chi connectivity index (χ1n) is 8.36. The molecule has 0 saturated heterocycles. The molecule has 0 unspecified atom stereocenters. The molecule has 1 aromatic heterocycles. The number of nitrogens with one attached hydrogen (secondary N) is 2. The molecule has 3 rings (SSSR count). The molecule has 0 aliphatic heterocycles. The van der Waals surface area contributed by atoms with Crippen LogP contribution in [0.1, 0.15) is 11.1 Å². The van der Waals surface area contributed by atoms with Crippen molar-refractivity contribution in [1.82, 2.24) is 10.3 Å². The molecule has 5 nitrogen and oxygen atoms in total. The molecule has 30 heavy (non-hydrogen) atoms. The van der Waals surface area contributed by atoms with E-state index in [1.807, 2.05) is 0 Å². The topological polar surface area (TPSA) is 63.2 Å². The minimum absolute atomic E-state index is 0.0614. The highest BCUT2D eigenvalue weighted by molar-refractivity contribution is 6.01. The molecule has 2 aromatic carbocycles. The first-order chi connectivity index (χ1) is 14.0. The van der Waals surface area contributed by atoms with Gasteiger partial charge < -0.3 is 15.4 Å². The average molecular weight is 429 g/mol. The summed E-state index contributed by atoms with van der Waals surface area (Å²) in [7, 11) is 0. The van der Waals surface area contributed by atoms with Gasteiger partial charge in [-0.05, 0) is 35.9 Å². The fourth-order valence-corrected chi connectivity index (χ4v) is 2.63. The van der Waals surface area contributed by atoms with Crippen LogP contribution in [0.3, 0.4) is 0 Å². The van der Waals surface area contributed by atoms with Crippen LogP contribution in [0.2, 0.25) is 0 Å². The monoisotopic (exact) mass is 429 g/mol. The van der Waals surface area contributed by atoms with Crippen LogP contribution in [-0.4, -0.2) is 17.4 Å². The Morgan fingerprint density at radius 3 is 2.33 bits per heavy atom. The van der Waals surface area contributed by atoms with E-state index < -0.39 is 29.9 Å². The summed E-state index contributed by atoms with van der Waals surface area (Å²) in [5, 5.41) is 5.35. The number of carbonyl (C=O) groups excluding carboxylic acids is 1. The van der Waals surface area contributed by atoms with E-state index >= 15 is 0 Å². The number of pyridine rings is 1. The van der Waals surface area contributed by atoms with E-state index in [4.69, 9.17) is 0 Å². The molecule has 1 heterocycles. The summed E-state index contributed by atoms with van der Waals surface area (Å²) in [6, 6.07) is 7.19. The highest BCUT2D eigenvalue weighted by atomic mass is 19.4. The second kappa shape index (κ2) is 8.09. The molecule has 0 saturated carbocycles. The number of amides is 2. The molecule has 0 fully saturated rings. The Bertz CT molecular complexity index is 1050. The lowest BCUT2D eigenvalue weighted by molar-refractivity contribution is -0.274. The van der Waals surface area contributed by atoms with Crippen molar-refractivity contribution < 1.29 is 35.9 Å². The number of anilines is 1. The maximum atomic E-state index is 13.1. The number of hydrogen-bond donors (Lipinski definition) is 2. The third kappa shape index (κ3) is 5.52. The first kappa shape index (κ1) is 21.2. The maximum Gasteiger partial charge on any atom is 0.573 e. The number of hydrogen-bond acceptors (Lipinski definition) is 3. The first-order valence-corrected chi connectivity index (χ1v) is 8.36. The van der Waals surface area contributed by atoms with Crippen LogP contribution >= 0.6 is 0 Å².